The average Bonchev–Trinajstić information content (AvgIpc) is 2.86. The van der Waals surface area contributed by atoms with Gasteiger partial charge in [-0.15, -0.1) is 10.2 Å². The fraction of sp³-hybridized carbons (Fsp3) is 0.500. The minimum atomic E-state index is 0.733. The second kappa shape index (κ2) is 5.41. The van der Waals surface area contributed by atoms with E-state index in [1.54, 1.807) is 19.4 Å². The summed E-state index contributed by atoms with van der Waals surface area (Å²) in [5.74, 6) is 0.768. The molecule has 3 heterocycles. The Morgan fingerprint density at radius 3 is 2.70 bits per heavy atom. The third-order valence-electron chi connectivity index (χ3n) is 3.46. The highest BCUT2D eigenvalue weighted by atomic mass is 15.6. The number of nitrogens with zero attached hydrogens (tertiary/aromatic N) is 7. The molecule has 2 N–H and O–H groups in total. The number of hydrogen-bond donors (Lipinski definition) is 1. The van der Waals surface area contributed by atoms with Crippen molar-refractivity contribution in [2.75, 3.05) is 36.8 Å². The molecule has 1 saturated heterocycles. The fourth-order valence-electron chi connectivity index (χ4n) is 2.42. The van der Waals surface area contributed by atoms with E-state index in [2.05, 4.69) is 30.2 Å². The minimum absolute atomic E-state index is 0.733. The summed E-state index contributed by atoms with van der Waals surface area (Å²) < 4.78 is 0. The van der Waals surface area contributed by atoms with Crippen LogP contribution in [0.1, 0.15) is 5.82 Å². The quantitative estimate of drug-likeness (QED) is 0.807. The molecule has 0 saturated carbocycles. The van der Waals surface area contributed by atoms with Gasteiger partial charge in [-0.2, -0.15) is 4.80 Å². The first kappa shape index (κ1) is 12.8. The van der Waals surface area contributed by atoms with E-state index >= 15 is 0 Å². The zero-order valence-corrected chi connectivity index (χ0v) is 11.5. The number of piperazine rings is 1. The maximum atomic E-state index is 5.96. The Morgan fingerprint density at radius 1 is 1.25 bits per heavy atom. The first-order valence-corrected chi connectivity index (χ1v) is 6.62. The average molecular weight is 274 g/mol. The molecule has 1 fully saturated rings. The molecule has 0 aliphatic carbocycles. The van der Waals surface area contributed by atoms with Crippen LogP contribution in [0.5, 0.6) is 0 Å². The number of rotatable bonds is 3. The Morgan fingerprint density at radius 2 is 2.05 bits per heavy atom. The van der Waals surface area contributed by atoms with Crippen LogP contribution in [0.25, 0.3) is 0 Å². The number of hydrogen-bond acceptors (Lipinski definition) is 7. The van der Waals surface area contributed by atoms with Crippen molar-refractivity contribution in [2.45, 2.75) is 6.54 Å². The molecule has 8 heteroatoms. The van der Waals surface area contributed by atoms with Gasteiger partial charge in [0.15, 0.2) is 5.82 Å². The van der Waals surface area contributed by atoms with Gasteiger partial charge < -0.3 is 10.6 Å². The van der Waals surface area contributed by atoms with E-state index in [1.807, 2.05) is 6.07 Å². The summed E-state index contributed by atoms with van der Waals surface area (Å²) in [6, 6.07) is 1.97. The predicted molar refractivity (Wildman–Crippen MR) is 74.9 cm³/mol. The Hall–Kier alpha value is -2.22. The van der Waals surface area contributed by atoms with E-state index in [9.17, 15) is 0 Å². The zero-order chi connectivity index (χ0) is 13.9. The van der Waals surface area contributed by atoms with Crippen molar-refractivity contribution in [1.82, 2.24) is 30.1 Å². The fourth-order valence-corrected chi connectivity index (χ4v) is 2.42. The lowest BCUT2D eigenvalue weighted by Crippen LogP contribution is -2.46. The van der Waals surface area contributed by atoms with Crippen molar-refractivity contribution in [1.29, 1.82) is 0 Å². The van der Waals surface area contributed by atoms with Crippen molar-refractivity contribution in [3.05, 3.63) is 24.3 Å². The number of pyridine rings is 1. The maximum Gasteiger partial charge on any atom is 0.188 e. The maximum absolute atomic E-state index is 5.96. The lowest BCUT2D eigenvalue weighted by Gasteiger charge is -2.35. The second-order valence-corrected chi connectivity index (χ2v) is 4.89. The van der Waals surface area contributed by atoms with Crippen molar-refractivity contribution in [3.8, 4) is 0 Å². The van der Waals surface area contributed by atoms with Crippen LogP contribution in [0.3, 0.4) is 0 Å². The molecule has 1 aliphatic rings. The van der Waals surface area contributed by atoms with Gasteiger partial charge >= 0.3 is 0 Å². The minimum Gasteiger partial charge on any atom is -0.396 e. The lowest BCUT2D eigenvalue weighted by atomic mass is 10.2. The van der Waals surface area contributed by atoms with Crippen LogP contribution in [0, 0.1) is 0 Å². The van der Waals surface area contributed by atoms with Gasteiger partial charge in [0.1, 0.15) is 0 Å². The number of aryl methyl sites for hydroxylation is 1. The van der Waals surface area contributed by atoms with Crippen LogP contribution >= 0.6 is 0 Å². The molecule has 0 unspecified atom stereocenters. The summed E-state index contributed by atoms with van der Waals surface area (Å²) in [4.78, 5) is 10.1. The highest BCUT2D eigenvalue weighted by molar-refractivity contribution is 5.66. The molecule has 106 valence electrons. The van der Waals surface area contributed by atoms with Gasteiger partial charge in [0.25, 0.3) is 0 Å². The van der Waals surface area contributed by atoms with E-state index < -0.39 is 0 Å². The number of aromatic nitrogens is 5. The van der Waals surface area contributed by atoms with Gasteiger partial charge in [0.05, 0.1) is 31.2 Å². The van der Waals surface area contributed by atoms with Gasteiger partial charge in [-0.05, 0) is 11.3 Å². The molecular weight excluding hydrogens is 256 g/mol. The molecule has 0 radical (unpaired) electrons. The lowest BCUT2D eigenvalue weighted by molar-refractivity contribution is 0.244. The largest absolute Gasteiger partial charge is 0.396 e. The van der Waals surface area contributed by atoms with E-state index in [4.69, 9.17) is 5.73 Å². The molecule has 0 atom stereocenters. The van der Waals surface area contributed by atoms with Crippen LogP contribution in [-0.2, 0) is 13.6 Å². The van der Waals surface area contributed by atoms with Crippen molar-refractivity contribution >= 4 is 11.4 Å². The third kappa shape index (κ3) is 2.69. The molecule has 20 heavy (non-hydrogen) atoms. The topological polar surface area (TPSA) is 89.0 Å². The molecule has 0 bridgehead atoms. The Balaban J connectivity index is 1.58. The number of nitrogens with two attached hydrogens (primary N) is 1. The molecule has 8 nitrogen and oxygen atoms in total. The van der Waals surface area contributed by atoms with E-state index in [0.29, 0.717) is 0 Å². The molecule has 2 aromatic rings. The van der Waals surface area contributed by atoms with Gasteiger partial charge in [-0.3, -0.25) is 9.88 Å². The monoisotopic (exact) mass is 274 g/mol. The molecule has 0 aromatic carbocycles. The van der Waals surface area contributed by atoms with E-state index in [0.717, 1.165) is 49.9 Å². The predicted octanol–water partition coefficient (Wildman–Crippen LogP) is -0.490. The first-order chi connectivity index (χ1) is 9.72. The number of nitrogen functional groups attached to an aromatic ring is 1. The smallest absolute Gasteiger partial charge is 0.188 e. The van der Waals surface area contributed by atoms with Crippen LogP contribution < -0.4 is 10.6 Å². The third-order valence-corrected chi connectivity index (χ3v) is 3.46. The van der Waals surface area contributed by atoms with Gasteiger partial charge in [0.2, 0.25) is 0 Å². The summed E-state index contributed by atoms with van der Waals surface area (Å²) >= 11 is 0. The Bertz CT molecular complexity index is 572. The van der Waals surface area contributed by atoms with Gasteiger partial charge in [-0.1, -0.05) is 0 Å². The molecular formula is C12H18N8. The Kier molecular flexibility index (Phi) is 3.46. The zero-order valence-electron chi connectivity index (χ0n) is 11.5. The number of anilines is 2. The molecule has 0 spiro atoms. The van der Waals surface area contributed by atoms with E-state index in [-0.39, 0.29) is 0 Å². The SMILES string of the molecule is Cn1nnc(CN2CCN(c3ccncc3N)CC2)n1. The standard InChI is InChI=1S/C12H18N8/c1-18-16-12(15-17-18)9-19-4-6-20(7-5-19)11-2-3-14-8-10(11)13/h2-3,8H,4-7,9,13H2,1H3. The molecule has 0 amide bonds. The van der Waals surface area contributed by atoms with Crippen LogP contribution in [0.2, 0.25) is 0 Å². The molecule has 3 rings (SSSR count). The molecule has 1 aliphatic heterocycles. The normalized spacial score (nSPS) is 16.6. The van der Waals surface area contributed by atoms with Crippen molar-refractivity contribution in [3.63, 3.8) is 0 Å². The Labute approximate surface area is 117 Å². The first-order valence-electron chi connectivity index (χ1n) is 6.62. The van der Waals surface area contributed by atoms with Crippen LogP contribution in [0.4, 0.5) is 11.4 Å². The van der Waals surface area contributed by atoms with Crippen LogP contribution in [0.15, 0.2) is 18.5 Å². The summed E-state index contributed by atoms with van der Waals surface area (Å²) in [7, 11) is 1.78. The second-order valence-electron chi connectivity index (χ2n) is 4.89. The summed E-state index contributed by atoms with van der Waals surface area (Å²) in [5, 5.41) is 12.1. The van der Waals surface area contributed by atoms with Crippen LogP contribution in [-0.4, -0.2) is 56.3 Å². The highest BCUT2D eigenvalue weighted by Gasteiger charge is 2.19. The summed E-state index contributed by atoms with van der Waals surface area (Å²) in [6.45, 7) is 4.54. The van der Waals surface area contributed by atoms with Gasteiger partial charge in [0, 0.05) is 32.4 Å². The highest BCUT2D eigenvalue weighted by Crippen LogP contribution is 2.22. The molecule has 2 aromatic heterocycles. The van der Waals surface area contributed by atoms with Gasteiger partial charge in [-0.25, -0.2) is 0 Å². The number of tetrazole rings is 1. The summed E-state index contributed by atoms with van der Waals surface area (Å²) in [6.07, 6.45) is 3.48. The summed E-state index contributed by atoms with van der Waals surface area (Å²) in [5.41, 5.74) is 7.76. The van der Waals surface area contributed by atoms with Crippen molar-refractivity contribution in [2.24, 2.45) is 7.05 Å². The van der Waals surface area contributed by atoms with E-state index in [1.165, 1.54) is 4.80 Å². The van der Waals surface area contributed by atoms with Crippen molar-refractivity contribution < 1.29 is 0 Å².